The highest BCUT2D eigenvalue weighted by atomic mass is 32.2. The fourth-order valence-corrected chi connectivity index (χ4v) is 2.96. The minimum Gasteiger partial charge on any atom is -0.507 e. The van der Waals surface area contributed by atoms with Crippen LogP contribution in [-0.2, 0) is 9.53 Å². The van der Waals surface area contributed by atoms with Crippen LogP contribution < -0.4 is 4.74 Å². The summed E-state index contributed by atoms with van der Waals surface area (Å²) in [5.74, 6) is -0.00895. The van der Waals surface area contributed by atoms with Crippen molar-refractivity contribution < 1.29 is 24.5 Å². The molecular weight excluding hydrogens is 294 g/mol. The molecule has 1 aromatic rings. The smallest absolute Gasteiger partial charge is 0.332 e. The zero-order valence-electron chi connectivity index (χ0n) is 11.8. The van der Waals surface area contributed by atoms with Crippen LogP contribution in [0, 0.1) is 0 Å². The van der Waals surface area contributed by atoms with E-state index in [0.29, 0.717) is 35.3 Å². The van der Waals surface area contributed by atoms with E-state index in [0.717, 1.165) is 0 Å². The average Bonchev–Trinajstić information content (AvgIpc) is 2.85. The lowest BCUT2D eigenvalue weighted by Gasteiger charge is -2.12. The van der Waals surface area contributed by atoms with Gasteiger partial charge in [0.1, 0.15) is 23.1 Å². The first kappa shape index (κ1) is 15.7. The second kappa shape index (κ2) is 6.36. The van der Waals surface area contributed by atoms with Crippen LogP contribution in [0.25, 0.3) is 0 Å². The summed E-state index contributed by atoms with van der Waals surface area (Å²) in [7, 11) is 1.59. The van der Waals surface area contributed by atoms with E-state index in [4.69, 9.17) is 9.47 Å². The van der Waals surface area contributed by atoms with Crippen LogP contribution in [0.15, 0.2) is 23.2 Å². The second-order valence-corrected chi connectivity index (χ2v) is 5.77. The van der Waals surface area contributed by atoms with Crippen LogP contribution in [0.2, 0.25) is 0 Å². The molecule has 1 aliphatic rings. The topological polar surface area (TPSA) is 88.4 Å². The quantitative estimate of drug-likeness (QED) is 0.778. The van der Waals surface area contributed by atoms with E-state index in [1.165, 1.54) is 17.8 Å². The molecule has 0 fully saturated rings. The Kier molecular flexibility index (Phi) is 4.74. The third kappa shape index (κ3) is 3.48. The van der Waals surface area contributed by atoms with Gasteiger partial charge in [-0.05, 0) is 25.1 Å². The minimum absolute atomic E-state index is 0.0509. The first-order valence-electron chi connectivity index (χ1n) is 6.37. The average molecular weight is 311 g/mol. The number of methoxy groups -OCH3 is 1. The van der Waals surface area contributed by atoms with Gasteiger partial charge in [0.05, 0.1) is 12.2 Å². The molecular formula is C14H17NO5S. The minimum atomic E-state index is -1.15. The third-order valence-electron chi connectivity index (χ3n) is 3.05. The Morgan fingerprint density at radius 1 is 1.48 bits per heavy atom. The summed E-state index contributed by atoms with van der Waals surface area (Å²) in [6.45, 7) is 2.42. The molecule has 1 heterocycles. The maximum absolute atomic E-state index is 11.2. The fraction of sp³-hybridized carbons (Fsp3) is 0.429. The number of aliphatic carboxylic acids is 1. The number of hydrogen-bond donors (Lipinski definition) is 2. The summed E-state index contributed by atoms with van der Waals surface area (Å²) in [4.78, 5) is 15.4. The van der Waals surface area contributed by atoms with Crippen LogP contribution in [0.4, 0.5) is 0 Å². The van der Waals surface area contributed by atoms with Gasteiger partial charge in [0.2, 0.25) is 0 Å². The number of carboxylic acids is 1. The number of aliphatic imine (C=N–C) groups is 1. The lowest BCUT2D eigenvalue weighted by molar-refractivity contribution is -0.141. The lowest BCUT2D eigenvalue weighted by atomic mass is 10.1. The number of phenolic OH excluding ortho intramolecular Hbond substituents is 1. The zero-order valence-corrected chi connectivity index (χ0v) is 12.6. The molecule has 1 unspecified atom stereocenters. The molecule has 1 aromatic carbocycles. The number of nitrogens with zero attached hydrogens (tertiary/aromatic N) is 1. The molecule has 21 heavy (non-hydrogen) atoms. The van der Waals surface area contributed by atoms with Crippen LogP contribution in [0.3, 0.4) is 0 Å². The van der Waals surface area contributed by atoms with Crippen molar-refractivity contribution in [2.24, 2.45) is 4.99 Å². The Bertz CT molecular complexity index is 574. The van der Waals surface area contributed by atoms with E-state index in [2.05, 4.69) is 4.99 Å². The van der Waals surface area contributed by atoms with Gasteiger partial charge in [0, 0.05) is 12.9 Å². The van der Waals surface area contributed by atoms with E-state index in [1.54, 1.807) is 26.2 Å². The molecule has 1 atom stereocenters. The van der Waals surface area contributed by atoms with Crippen molar-refractivity contribution in [1.29, 1.82) is 0 Å². The SMILES string of the molecule is COCCOc1ccc(O)c(C2=NC(C)(C(=O)O)CS2)c1. The number of carboxylic acid groups (broad SMARTS) is 1. The van der Waals surface area contributed by atoms with E-state index < -0.39 is 11.5 Å². The monoisotopic (exact) mass is 311 g/mol. The van der Waals surface area contributed by atoms with Crippen LogP contribution in [0.1, 0.15) is 12.5 Å². The summed E-state index contributed by atoms with van der Waals surface area (Å²) in [6, 6.07) is 4.81. The Morgan fingerprint density at radius 3 is 2.86 bits per heavy atom. The van der Waals surface area contributed by atoms with Crippen LogP contribution in [-0.4, -0.2) is 52.8 Å². The van der Waals surface area contributed by atoms with E-state index >= 15 is 0 Å². The third-order valence-corrected chi connectivity index (χ3v) is 4.34. The lowest BCUT2D eigenvalue weighted by Crippen LogP contribution is -2.33. The van der Waals surface area contributed by atoms with Gasteiger partial charge in [0.15, 0.2) is 5.54 Å². The van der Waals surface area contributed by atoms with Crippen molar-refractivity contribution in [3.63, 3.8) is 0 Å². The number of ether oxygens (including phenoxy) is 2. The van der Waals surface area contributed by atoms with E-state index in [-0.39, 0.29) is 5.75 Å². The van der Waals surface area contributed by atoms with Crippen molar-refractivity contribution in [2.75, 3.05) is 26.1 Å². The maximum Gasteiger partial charge on any atom is 0.332 e. The van der Waals surface area contributed by atoms with Gasteiger partial charge < -0.3 is 19.7 Å². The number of phenols is 1. The standard InChI is InChI=1S/C14H17NO5S/c1-14(13(17)18)8-21-12(15-14)10-7-9(3-4-11(10)16)20-6-5-19-2/h3-4,7,16H,5-6,8H2,1-2H3,(H,17,18). The normalized spacial score (nSPS) is 21.1. The molecule has 0 aliphatic carbocycles. The summed E-state index contributed by atoms with van der Waals surface area (Å²) in [5, 5.41) is 19.6. The number of carbonyl (C=O) groups is 1. The molecule has 114 valence electrons. The summed E-state index contributed by atoms with van der Waals surface area (Å²) in [6.07, 6.45) is 0. The predicted molar refractivity (Wildman–Crippen MR) is 80.5 cm³/mol. The number of thioether (sulfide) groups is 1. The van der Waals surface area contributed by atoms with Gasteiger partial charge in [-0.15, -0.1) is 11.8 Å². The molecule has 7 heteroatoms. The molecule has 0 aromatic heterocycles. The molecule has 2 N–H and O–H groups in total. The van der Waals surface area contributed by atoms with Gasteiger partial charge in [0.25, 0.3) is 0 Å². The highest BCUT2D eigenvalue weighted by Crippen LogP contribution is 2.35. The molecule has 0 amide bonds. The fourth-order valence-electron chi connectivity index (χ4n) is 1.76. The Labute approximate surface area is 126 Å². The van der Waals surface area contributed by atoms with Crippen LogP contribution in [0.5, 0.6) is 11.5 Å². The molecule has 6 nitrogen and oxygen atoms in total. The molecule has 0 saturated heterocycles. The number of benzene rings is 1. The van der Waals surface area contributed by atoms with Crippen molar-refractivity contribution in [3.05, 3.63) is 23.8 Å². The summed E-state index contributed by atoms with van der Waals surface area (Å²) >= 11 is 1.31. The van der Waals surface area contributed by atoms with Gasteiger partial charge in [-0.25, -0.2) is 4.79 Å². The van der Waals surface area contributed by atoms with E-state index in [1.807, 2.05) is 0 Å². The van der Waals surface area contributed by atoms with Gasteiger partial charge in [-0.2, -0.15) is 0 Å². The molecule has 0 saturated carbocycles. The van der Waals surface area contributed by atoms with Gasteiger partial charge in [-0.3, -0.25) is 4.99 Å². The molecule has 0 bridgehead atoms. The summed E-state index contributed by atoms with van der Waals surface area (Å²) in [5.41, 5.74) is -0.667. The zero-order chi connectivity index (χ0) is 15.5. The molecule has 2 rings (SSSR count). The van der Waals surface area contributed by atoms with Crippen molar-refractivity contribution >= 4 is 22.8 Å². The second-order valence-electron chi connectivity index (χ2n) is 4.80. The van der Waals surface area contributed by atoms with Gasteiger partial charge in [-0.1, -0.05) is 0 Å². The maximum atomic E-state index is 11.2. The largest absolute Gasteiger partial charge is 0.507 e. The highest BCUT2D eigenvalue weighted by molar-refractivity contribution is 8.14. The summed E-state index contributed by atoms with van der Waals surface area (Å²) < 4.78 is 10.4. The Balaban J connectivity index is 2.23. The molecule has 1 aliphatic heterocycles. The predicted octanol–water partition coefficient (Wildman–Crippen LogP) is 1.75. The molecule has 0 spiro atoms. The van der Waals surface area contributed by atoms with Crippen LogP contribution >= 0.6 is 11.8 Å². The van der Waals surface area contributed by atoms with Crippen molar-refractivity contribution in [1.82, 2.24) is 0 Å². The highest BCUT2D eigenvalue weighted by Gasteiger charge is 2.39. The number of rotatable bonds is 6. The van der Waals surface area contributed by atoms with Crippen molar-refractivity contribution in [2.45, 2.75) is 12.5 Å². The van der Waals surface area contributed by atoms with Crippen molar-refractivity contribution in [3.8, 4) is 11.5 Å². The van der Waals surface area contributed by atoms with E-state index in [9.17, 15) is 15.0 Å². The Hall–Kier alpha value is -1.73. The number of aromatic hydroxyl groups is 1. The molecule has 0 radical (unpaired) electrons. The van der Waals surface area contributed by atoms with Gasteiger partial charge >= 0.3 is 5.97 Å². The Morgan fingerprint density at radius 2 is 2.24 bits per heavy atom. The number of hydrogen-bond acceptors (Lipinski definition) is 6. The first-order valence-corrected chi connectivity index (χ1v) is 7.36. The first-order chi connectivity index (χ1) is 9.96.